The van der Waals surface area contributed by atoms with Crippen molar-refractivity contribution < 1.29 is 28.2 Å². The van der Waals surface area contributed by atoms with E-state index < -0.39 is 0 Å². The molecule has 0 N–H and O–H groups in total. The minimum absolute atomic E-state index is 0.0406. The van der Waals surface area contributed by atoms with E-state index in [1.165, 1.54) is 18.3 Å². The highest BCUT2D eigenvalue weighted by molar-refractivity contribution is 5.85. The minimum Gasteiger partial charge on any atom is -0.497 e. The molecule has 0 bridgehead atoms. The van der Waals surface area contributed by atoms with Crippen LogP contribution in [0.5, 0.6) is 11.5 Å². The number of piperazine rings is 1. The van der Waals surface area contributed by atoms with Crippen LogP contribution in [0, 0.1) is 0 Å². The van der Waals surface area contributed by atoms with Gasteiger partial charge in [-0.15, -0.1) is 10.2 Å². The van der Waals surface area contributed by atoms with E-state index in [4.69, 9.17) is 18.6 Å². The molecule has 1 aromatic carbocycles. The molecule has 1 fully saturated rings. The standard InChI is InChI=1S/C26H31N5O6/c1-34-18-26(33)31(16-20-5-4-14-37-20)17-25(32)30-12-10-29(11-13-30)24-9-8-22(27-28-24)21-7-6-19(35-2)15-23(21)36-3/h4-9,14-15H,10-13,16-18H2,1-3H3. The summed E-state index contributed by atoms with van der Waals surface area (Å²) in [7, 11) is 4.66. The Morgan fingerprint density at radius 3 is 2.43 bits per heavy atom. The van der Waals surface area contributed by atoms with Gasteiger partial charge < -0.3 is 33.3 Å². The van der Waals surface area contributed by atoms with E-state index in [2.05, 4.69) is 15.1 Å². The van der Waals surface area contributed by atoms with Crippen molar-refractivity contribution in [3.8, 4) is 22.8 Å². The molecule has 0 atom stereocenters. The van der Waals surface area contributed by atoms with Crippen LogP contribution in [0.4, 0.5) is 5.82 Å². The number of carbonyl (C=O) groups excluding carboxylic acids is 2. The highest BCUT2D eigenvalue weighted by atomic mass is 16.5. The average molecular weight is 510 g/mol. The number of methoxy groups -OCH3 is 3. The monoisotopic (exact) mass is 509 g/mol. The lowest BCUT2D eigenvalue weighted by Gasteiger charge is -2.36. The van der Waals surface area contributed by atoms with Crippen molar-refractivity contribution in [1.82, 2.24) is 20.0 Å². The normalized spacial score (nSPS) is 13.4. The Bertz CT molecular complexity index is 1180. The maximum atomic E-state index is 13.0. The van der Waals surface area contributed by atoms with Crippen molar-refractivity contribution in [1.29, 1.82) is 0 Å². The van der Waals surface area contributed by atoms with Crippen LogP contribution < -0.4 is 14.4 Å². The molecule has 0 radical (unpaired) electrons. The predicted octanol–water partition coefficient (Wildman–Crippen LogP) is 2.08. The van der Waals surface area contributed by atoms with Crippen molar-refractivity contribution in [3.05, 3.63) is 54.5 Å². The summed E-state index contributed by atoms with van der Waals surface area (Å²) in [4.78, 5) is 30.8. The zero-order chi connectivity index (χ0) is 26.2. The lowest BCUT2D eigenvalue weighted by atomic mass is 10.1. The molecule has 1 aliphatic rings. The van der Waals surface area contributed by atoms with Crippen LogP contribution in [-0.2, 0) is 20.9 Å². The molecule has 3 aromatic rings. The Morgan fingerprint density at radius 1 is 1.00 bits per heavy atom. The van der Waals surface area contributed by atoms with E-state index in [-0.39, 0.29) is 31.5 Å². The summed E-state index contributed by atoms with van der Waals surface area (Å²) in [6.07, 6.45) is 1.54. The molecule has 3 heterocycles. The van der Waals surface area contributed by atoms with Gasteiger partial charge in [-0.05, 0) is 36.4 Å². The fourth-order valence-corrected chi connectivity index (χ4v) is 4.13. The maximum Gasteiger partial charge on any atom is 0.249 e. The SMILES string of the molecule is COCC(=O)N(CC(=O)N1CCN(c2ccc(-c3ccc(OC)cc3OC)nn2)CC1)Cc1ccco1. The number of amides is 2. The van der Waals surface area contributed by atoms with Crippen LogP contribution in [0.25, 0.3) is 11.3 Å². The summed E-state index contributed by atoms with van der Waals surface area (Å²) in [5.74, 6) is 2.30. The summed E-state index contributed by atoms with van der Waals surface area (Å²) in [5.41, 5.74) is 1.51. The molecule has 0 saturated carbocycles. The molecule has 4 rings (SSSR count). The third kappa shape index (κ3) is 6.36. The molecule has 0 aliphatic carbocycles. The van der Waals surface area contributed by atoms with Gasteiger partial charge in [-0.3, -0.25) is 9.59 Å². The molecule has 1 saturated heterocycles. The number of carbonyl (C=O) groups is 2. The summed E-state index contributed by atoms with van der Waals surface area (Å²) in [6.45, 7) is 2.32. The second-order valence-corrected chi connectivity index (χ2v) is 8.47. The van der Waals surface area contributed by atoms with Gasteiger partial charge >= 0.3 is 0 Å². The molecule has 196 valence electrons. The zero-order valence-corrected chi connectivity index (χ0v) is 21.3. The third-order valence-electron chi connectivity index (χ3n) is 6.16. The predicted molar refractivity (Wildman–Crippen MR) is 135 cm³/mol. The van der Waals surface area contributed by atoms with Gasteiger partial charge in [-0.1, -0.05) is 0 Å². The van der Waals surface area contributed by atoms with Gasteiger partial charge in [0.15, 0.2) is 5.82 Å². The lowest BCUT2D eigenvalue weighted by Crippen LogP contribution is -2.52. The molecule has 0 spiro atoms. The molecular formula is C26H31N5O6. The number of furan rings is 1. The van der Waals surface area contributed by atoms with Crippen molar-refractivity contribution in [2.75, 3.05) is 65.6 Å². The smallest absolute Gasteiger partial charge is 0.249 e. The van der Waals surface area contributed by atoms with Crippen LogP contribution >= 0.6 is 0 Å². The van der Waals surface area contributed by atoms with E-state index >= 15 is 0 Å². The second kappa shape index (κ2) is 12.2. The van der Waals surface area contributed by atoms with Crippen molar-refractivity contribution in [2.45, 2.75) is 6.54 Å². The van der Waals surface area contributed by atoms with Crippen LogP contribution in [0.15, 0.2) is 53.1 Å². The average Bonchev–Trinajstić information content (AvgIpc) is 3.46. The number of hydrogen-bond acceptors (Lipinski definition) is 9. The van der Waals surface area contributed by atoms with E-state index in [9.17, 15) is 9.59 Å². The first-order valence-electron chi connectivity index (χ1n) is 11.9. The number of aromatic nitrogens is 2. The van der Waals surface area contributed by atoms with Gasteiger partial charge in [0.2, 0.25) is 11.8 Å². The molecule has 11 heteroatoms. The topological polar surface area (TPSA) is 110 Å². The Kier molecular flexibility index (Phi) is 8.57. The molecule has 2 amide bonds. The highest BCUT2D eigenvalue weighted by Gasteiger charge is 2.26. The van der Waals surface area contributed by atoms with E-state index in [1.807, 2.05) is 24.3 Å². The fourth-order valence-electron chi connectivity index (χ4n) is 4.13. The molecule has 37 heavy (non-hydrogen) atoms. The number of nitrogens with zero attached hydrogens (tertiary/aromatic N) is 5. The van der Waals surface area contributed by atoms with Gasteiger partial charge in [0.1, 0.15) is 30.4 Å². The first-order valence-corrected chi connectivity index (χ1v) is 11.9. The summed E-state index contributed by atoms with van der Waals surface area (Å²) < 4.78 is 21.1. The van der Waals surface area contributed by atoms with Gasteiger partial charge in [0.05, 0.1) is 32.7 Å². The lowest BCUT2D eigenvalue weighted by molar-refractivity contribution is -0.143. The molecular weight excluding hydrogens is 478 g/mol. The fraction of sp³-hybridized carbons (Fsp3) is 0.385. The highest BCUT2D eigenvalue weighted by Crippen LogP contribution is 2.32. The van der Waals surface area contributed by atoms with Gasteiger partial charge in [0, 0.05) is 44.9 Å². The number of rotatable bonds is 10. The first-order chi connectivity index (χ1) is 18.0. The van der Waals surface area contributed by atoms with Crippen LogP contribution in [-0.4, -0.2) is 92.5 Å². The van der Waals surface area contributed by atoms with Gasteiger partial charge in [-0.2, -0.15) is 0 Å². The summed E-state index contributed by atoms with van der Waals surface area (Å²) >= 11 is 0. The number of benzene rings is 1. The Balaban J connectivity index is 1.35. The minimum atomic E-state index is -0.269. The van der Waals surface area contributed by atoms with E-state index in [1.54, 1.807) is 37.3 Å². The molecule has 1 aliphatic heterocycles. The molecule has 2 aromatic heterocycles. The number of anilines is 1. The van der Waals surface area contributed by atoms with E-state index in [0.717, 1.165) is 11.4 Å². The largest absolute Gasteiger partial charge is 0.497 e. The Hall–Kier alpha value is -4.12. The number of hydrogen-bond donors (Lipinski definition) is 0. The molecule has 11 nitrogen and oxygen atoms in total. The second-order valence-electron chi connectivity index (χ2n) is 8.47. The van der Waals surface area contributed by atoms with Crippen molar-refractivity contribution in [2.24, 2.45) is 0 Å². The van der Waals surface area contributed by atoms with Crippen molar-refractivity contribution in [3.63, 3.8) is 0 Å². The molecule has 0 unspecified atom stereocenters. The summed E-state index contributed by atoms with van der Waals surface area (Å²) in [5, 5.41) is 8.81. The van der Waals surface area contributed by atoms with Crippen LogP contribution in [0.3, 0.4) is 0 Å². The van der Waals surface area contributed by atoms with Crippen molar-refractivity contribution >= 4 is 17.6 Å². The van der Waals surface area contributed by atoms with Gasteiger partial charge in [0.25, 0.3) is 0 Å². The Labute approximate surface area is 215 Å². The van der Waals surface area contributed by atoms with E-state index in [0.29, 0.717) is 49.1 Å². The third-order valence-corrected chi connectivity index (χ3v) is 6.16. The van der Waals surface area contributed by atoms with Crippen LogP contribution in [0.1, 0.15) is 5.76 Å². The quantitative estimate of drug-likeness (QED) is 0.406. The summed E-state index contributed by atoms with van der Waals surface area (Å²) in [6, 6.07) is 12.9. The number of ether oxygens (including phenoxy) is 3. The zero-order valence-electron chi connectivity index (χ0n) is 21.3. The maximum absolute atomic E-state index is 13.0. The Morgan fingerprint density at radius 2 is 1.81 bits per heavy atom. The first kappa shape index (κ1) is 26.0. The van der Waals surface area contributed by atoms with Gasteiger partial charge in [-0.25, -0.2) is 0 Å². The van der Waals surface area contributed by atoms with Crippen LogP contribution in [0.2, 0.25) is 0 Å².